The van der Waals surface area contributed by atoms with E-state index in [0.29, 0.717) is 5.89 Å². The van der Waals surface area contributed by atoms with Crippen LogP contribution in [-0.2, 0) is 0 Å². The molecule has 1 atom stereocenters. The van der Waals surface area contributed by atoms with Gasteiger partial charge in [-0.3, -0.25) is 4.98 Å². The van der Waals surface area contributed by atoms with E-state index in [1.54, 1.807) is 6.20 Å². The Morgan fingerprint density at radius 1 is 1.10 bits per heavy atom. The molecule has 100 valence electrons. The first-order chi connectivity index (χ1) is 9.83. The molecule has 0 saturated heterocycles. The van der Waals surface area contributed by atoms with Gasteiger partial charge in [-0.2, -0.15) is 0 Å². The summed E-state index contributed by atoms with van der Waals surface area (Å²) in [5, 5.41) is 10.9. The Morgan fingerprint density at radius 3 is 2.60 bits per heavy atom. The van der Waals surface area contributed by atoms with Gasteiger partial charge in [-0.15, -0.1) is 10.2 Å². The Hall–Kier alpha value is -2.69. The fourth-order valence-electron chi connectivity index (χ4n) is 1.96. The van der Waals surface area contributed by atoms with E-state index in [9.17, 15) is 0 Å². The van der Waals surface area contributed by atoms with E-state index in [4.69, 9.17) is 4.42 Å². The van der Waals surface area contributed by atoms with Crippen LogP contribution in [0.15, 0.2) is 59.5 Å². The van der Waals surface area contributed by atoms with E-state index in [2.05, 4.69) is 27.4 Å². The number of hydrogen-bond donors (Lipinski definition) is 1. The summed E-state index contributed by atoms with van der Waals surface area (Å²) < 4.78 is 5.16. The minimum atomic E-state index is 0.144. The quantitative estimate of drug-likeness (QED) is 0.785. The van der Waals surface area contributed by atoms with Crippen molar-refractivity contribution in [3.63, 3.8) is 0 Å². The summed E-state index contributed by atoms with van der Waals surface area (Å²) in [6, 6.07) is 13.9. The van der Waals surface area contributed by atoms with Crippen molar-refractivity contribution in [2.45, 2.75) is 13.0 Å². The van der Waals surface area contributed by atoms with Crippen LogP contribution in [0.1, 0.15) is 18.7 Å². The van der Waals surface area contributed by atoms with Crippen LogP contribution in [0, 0.1) is 0 Å². The van der Waals surface area contributed by atoms with Gasteiger partial charge in [0.1, 0.15) is 0 Å². The maximum Gasteiger partial charge on any atom is 0.247 e. The van der Waals surface area contributed by atoms with E-state index >= 15 is 0 Å². The van der Waals surface area contributed by atoms with Gasteiger partial charge in [0.25, 0.3) is 0 Å². The molecule has 2 heterocycles. The number of nitrogens with zero attached hydrogens (tertiary/aromatic N) is 3. The molecule has 0 radical (unpaired) electrons. The number of anilines is 1. The van der Waals surface area contributed by atoms with Crippen molar-refractivity contribution < 1.29 is 4.42 Å². The lowest BCUT2D eigenvalue weighted by atomic mass is 10.1. The third-order valence-electron chi connectivity index (χ3n) is 3.01. The van der Waals surface area contributed by atoms with Gasteiger partial charge in [0.05, 0.1) is 11.7 Å². The number of rotatable bonds is 4. The predicted molar refractivity (Wildman–Crippen MR) is 76.0 cm³/mol. The SMILES string of the molecule is CC(Nc1ccc(-c2nnco2)cc1)c1ccccn1. The van der Waals surface area contributed by atoms with Crippen LogP contribution < -0.4 is 5.32 Å². The summed E-state index contributed by atoms with van der Waals surface area (Å²) >= 11 is 0. The molecule has 1 aromatic carbocycles. The van der Waals surface area contributed by atoms with Crippen molar-refractivity contribution in [1.29, 1.82) is 0 Å². The van der Waals surface area contributed by atoms with E-state index in [1.807, 2.05) is 42.5 Å². The minimum absolute atomic E-state index is 0.144. The highest BCUT2D eigenvalue weighted by atomic mass is 16.4. The van der Waals surface area contributed by atoms with E-state index < -0.39 is 0 Å². The third-order valence-corrected chi connectivity index (χ3v) is 3.01. The molecule has 5 nitrogen and oxygen atoms in total. The normalized spacial score (nSPS) is 12.1. The zero-order chi connectivity index (χ0) is 13.8. The Kier molecular flexibility index (Phi) is 3.41. The van der Waals surface area contributed by atoms with Crippen molar-refractivity contribution in [3.05, 3.63) is 60.7 Å². The highest BCUT2D eigenvalue weighted by Crippen LogP contribution is 2.21. The summed E-state index contributed by atoms with van der Waals surface area (Å²) in [4.78, 5) is 4.34. The standard InChI is InChI=1S/C15H14N4O/c1-11(14-4-2-3-9-16-14)18-13-7-5-12(6-8-13)15-19-17-10-20-15/h2-11,18H,1H3. The molecule has 0 fully saturated rings. The average molecular weight is 266 g/mol. The predicted octanol–water partition coefficient (Wildman–Crippen LogP) is 3.30. The Labute approximate surface area is 116 Å². The molecule has 0 amide bonds. The second kappa shape index (κ2) is 5.52. The maximum atomic E-state index is 5.16. The molecule has 20 heavy (non-hydrogen) atoms. The number of aromatic nitrogens is 3. The molecular weight excluding hydrogens is 252 g/mol. The largest absolute Gasteiger partial charge is 0.423 e. The Balaban J connectivity index is 1.72. The summed E-state index contributed by atoms with van der Waals surface area (Å²) in [6.07, 6.45) is 3.12. The topological polar surface area (TPSA) is 63.8 Å². The molecule has 3 rings (SSSR count). The molecule has 1 N–H and O–H groups in total. The van der Waals surface area contributed by atoms with Crippen molar-refractivity contribution in [3.8, 4) is 11.5 Å². The lowest BCUT2D eigenvalue weighted by Gasteiger charge is -2.14. The van der Waals surface area contributed by atoms with Gasteiger partial charge in [0.2, 0.25) is 12.3 Å². The second-order valence-corrected chi connectivity index (χ2v) is 4.44. The molecule has 0 aliphatic heterocycles. The zero-order valence-electron chi connectivity index (χ0n) is 11.0. The summed E-state index contributed by atoms with van der Waals surface area (Å²) in [7, 11) is 0. The number of pyridine rings is 1. The molecule has 0 aliphatic carbocycles. The Bertz CT molecular complexity index is 650. The molecule has 5 heteroatoms. The fraction of sp³-hybridized carbons (Fsp3) is 0.133. The van der Waals surface area contributed by atoms with Crippen molar-refractivity contribution >= 4 is 5.69 Å². The van der Waals surface area contributed by atoms with Crippen LogP contribution in [0.4, 0.5) is 5.69 Å². The third kappa shape index (κ3) is 2.66. The molecule has 0 spiro atoms. The molecule has 0 saturated carbocycles. The van der Waals surface area contributed by atoms with Crippen LogP contribution in [0.2, 0.25) is 0 Å². The van der Waals surface area contributed by atoms with Crippen molar-refractivity contribution in [2.75, 3.05) is 5.32 Å². The number of benzene rings is 1. The molecule has 1 unspecified atom stereocenters. The minimum Gasteiger partial charge on any atom is -0.423 e. The van der Waals surface area contributed by atoms with Crippen LogP contribution in [0.5, 0.6) is 0 Å². The van der Waals surface area contributed by atoms with Crippen LogP contribution in [0.3, 0.4) is 0 Å². The lowest BCUT2D eigenvalue weighted by Crippen LogP contribution is -2.07. The summed E-state index contributed by atoms with van der Waals surface area (Å²) in [6.45, 7) is 2.08. The van der Waals surface area contributed by atoms with Gasteiger partial charge in [0.15, 0.2) is 0 Å². The molecule has 0 bridgehead atoms. The van der Waals surface area contributed by atoms with Gasteiger partial charge in [-0.05, 0) is 43.3 Å². The summed E-state index contributed by atoms with van der Waals surface area (Å²) in [5.41, 5.74) is 2.93. The van der Waals surface area contributed by atoms with E-state index in [1.165, 1.54) is 6.39 Å². The monoisotopic (exact) mass is 266 g/mol. The van der Waals surface area contributed by atoms with Crippen LogP contribution in [-0.4, -0.2) is 15.2 Å². The number of hydrogen-bond acceptors (Lipinski definition) is 5. The van der Waals surface area contributed by atoms with Crippen LogP contribution in [0.25, 0.3) is 11.5 Å². The first-order valence-electron chi connectivity index (χ1n) is 6.37. The van der Waals surface area contributed by atoms with Gasteiger partial charge < -0.3 is 9.73 Å². The second-order valence-electron chi connectivity index (χ2n) is 4.44. The van der Waals surface area contributed by atoms with Gasteiger partial charge >= 0.3 is 0 Å². The van der Waals surface area contributed by atoms with Crippen molar-refractivity contribution in [2.24, 2.45) is 0 Å². The highest BCUT2D eigenvalue weighted by Gasteiger charge is 2.07. The first kappa shape index (κ1) is 12.3. The van der Waals surface area contributed by atoms with Crippen LogP contribution >= 0.6 is 0 Å². The molecule has 3 aromatic rings. The van der Waals surface area contributed by atoms with Crippen molar-refractivity contribution in [1.82, 2.24) is 15.2 Å². The van der Waals surface area contributed by atoms with Gasteiger partial charge in [0, 0.05) is 17.4 Å². The molecule has 0 aliphatic rings. The van der Waals surface area contributed by atoms with Gasteiger partial charge in [-0.1, -0.05) is 6.07 Å². The Morgan fingerprint density at radius 2 is 1.95 bits per heavy atom. The average Bonchev–Trinajstić information content (AvgIpc) is 3.03. The van der Waals surface area contributed by atoms with Gasteiger partial charge in [-0.25, -0.2) is 0 Å². The molecule has 2 aromatic heterocycles. The van der Waals surface area contributed by atoms with E-state index in [-0.39, 0.29) is 6.04 Å². The maximum absolute atomic E-state index is 5.16. The first-order valence-corrected chi connectivity index (χ1v) is 6.37. The highest BCUT2D eigenvalue weighted by molar-refractivity contribution is 5.58. The number of nitrogens with one attached hydrogen (secondary N) is 1. The van der Waals surface area contributed by atoms with E-state index in [0.717, 1.165) is 16.9 Å². The molecular formula is C15H14N4O. The fourth-order valence-corrected chi connectivity index (χ4v) is 1.96. The lowest BCUT2D eigenvalue weighted by molar-refractivity contribution is 0.568. The summed E-state index contributed by atoms with van der Waals surface area (Å²) in [5.74, 6) is 0.523. The zero-order valence-corrected chi connectivity index (χ0v) is 11.0. The smallest absolute Gasteiger partial charge is 0.247 e.